The molecule has 2 unspecified atom stereocenters. The Morgan fingerprint density at radius 2 is 0.923 bits per heavy atom. The van der Waals surface area contributed by atoms with Gasteiger partial charge in [0.05, 0.1) is 22.5 Å². The normalized spacial score (nSPS) is 19.7. The number of carbonyl (C=O) groups excluding carboxylic acids is 2. The van der Waals surface area contributed by atoms with Crippen molar-refractivity contribution in [3.8, 4) is 23.0 Å². The van der Waals surface area contributed by atoms with E-state index in [1.165, 1.54) is 24.3 Å². The van der Waals surface area contributed by atoms with E-state index in [1.54, 1.807) is 72.8 Å². The van der Waals surface area contributed by atoms with Crippen LogP contribution in [0.2, 0.25) is 0 Å². The zero-order valence-electron chi connectivity index (χ0n) is 20.3. The summed E-state index contributed by atoms with van der Waals surface area (Å²) in [6, 6.07) is 25.8. The van der Waals surface area contributed by atoms with E-state index in [-0.39, 0.29) is 42.1 Å². The number of aliphatic carboxylic acids is 2. The molecule has 0 aliphatic carbocycles. The average Bonchev–Trinajstić information content (AvgIpc) is 3.50. The van der Waals surface area contributed by atoms with E-state index in [9.17, 15) is 30.0 Å². The molecule has 2 aliphatic rings. The second-order valence-electron chi connectivity index (χ2n) is 8.42. The molecule has 4 N–H and O–H groups in total. The van der Waals surface area contributed by atoms with Gasteiger partial charge in [-0.25, -0.2) is 0 Å². The molecule has 0 saturated heterocycles. The number of carboxylic acids is 2. The quantitative estimate of drug-likeness (QED) is 0.262. The van der Waals surface area contributed by atoms with Crippen LogP contribution in [-0.2, 0) is 40.5 Å². The van der Waals surface area contributed by atoms with Crippen molar-refractivity contribution in [2.45, 2.75) is 11.4 Å². The summed E-state index contributed by atoms with van der Waals surface area (Å²) in [6.07, 6.45) is 0. The first-order valence-corrected chi connectivity index (χ1v) is 11.4. The van der Waals surface area contributed by atoms with Gasteiger partial charge in [0, 0.05) is 0 Å². The minimum atomic E-state index is -1.91. The van der Waals surface area contributed by atoms with Crippen LogP contribution in [0.5, 0.6) is 23.0 Å². The minimum absolute atomic E-state index is 0. The molecule has 0 saturated carbocycles. The molecule has 192 valence electrons. The van der Waals surface area contributed by atoms with E-state index in [4.69, 9.17) is 9.47 Å². The fraction of sp³-hybridized carbons (Fsp3) is 0.0714. The van der Waals surface area contributed by atoms with E-state index < -0.39 is 23.4 Å². The molecule has 0 radical (unpaired) electrons. The van der Waals surface area contributed by atoms with E-state index in [0.717, 1.165) is 0 Å². The van der Waals surface area contributed by atoms with Gasteiger partial charge in [-0.05, 0) is 48.5 Å². The van der Waals surface area contributed by atoms with Crippen LogP contribution in [0.25, 0.3) is 0 Å². The van der Waals surface area contributed by atoms with Crippen molar-refractivity contribution in [2.75, 3.05) is 10.6 Å². The number of nitrogens with one attached hydrogen (secondary N) is 2. The average molecular weight is 578 g/mol. The number of phenolic OH excluding ortho intramolecular Hbond substituents is 2. The number of hydrogen-bond acceptors (Lipinski definition) is 10. The number of para-hydroxylation sites is 6. The summed E-state index contributed by atoms with van der Waals surface area (Å²) < 4.78 is 11.0. The Bertz CT molecular complexity index is 1380. The van der Waals surface area contributed by atoms with E-state index in [2.05, 4.69) is 10.6 Å². The molecule has 39 heavy (non-hydrogen) atoms. The monoisotopic (exact) mass is 576 g/mol. The van der Waals surface area contributed by atoms with Crippen molar-refractivity contribution in [3.63, 3.8) is 0 Å². The molecule has 0 aromatic heterocycles. The number of fused-ring (bicyclic) bond motifs is 2. The third kappa shape index (κ3) is 4.68. The maximum absolute atomic E-state index is 11.5. The Kier molecular flexibility index (Phi) is 7.38. The van der Waals surface area contributed by atoms with Crippen LogP contribution in [0.15, 0.2) is 97.1 Å². The van der Waals surface area contributed by atoms with Crippen LogP contribution in [0.3, 0.4) is 0 Å². The molecule has 2 heterocycles. The number of carbonyl (C=O) groups is 2. The van der Waals surface area contributed by atoms with Crippen molar-refractivity contribution in [1.82, 2.24) is 0 Å². The van der Waals surface area contributed by atoms with Crippen LogP contribution < -0.4 is 30.3 Å². The standard InChI is InChI=1S/2C14H11NO4.Zn/c2*16-11-7-3-1-5-9(11)14(13(17)18)15-10-6-2-4-8-12(10)19-14;/h2*1-8,15-16H,(H,17,18);/q;;+2/p-2. The van der Waals surface area contributed by atoms with Gasteiger partial charge in [-0.2, -0.15) is 0 Å². The molecule has 0 amide bonds. The van der Waals surface area contributed by atoms with Crippen molar-refractivity contribution < 1.29 is 59.0 Å². The van der Waals surface area contributed by atoms with E-state index in [0.29, 0.717) is 22.9 Å². The Morgan fingerprint density at radius 1 is 0.590 bits per heavy atom. The van der Waals surface area contributed by atoms with Gasteiger partial charge < -0.3 is 50.1 Å². The molecule has 0 spiro atoms. The Labute approximate surface area is 235 Å². The first-order chi connectivity index (χ1) is 18.3. The van der Waals surface area contributed by atoms with Gasteiger partial charge >= 0.3 is 19.5 Å². The van der Waals surface area contributed by atoms with Gasteiger partial charge in [-0.1, -0.05) is 48.5 Å². The van der Waals surface area contributed by atoms with E-state index >= 15 is 0 Å². The third-order valence-electron chi connectivity index (χ3n) is 6.06. The largest absolute Gasteiger partial charge is 2.00 e. The zero-order chi connectivity index (χ0) is 26.9. The summed E-state index contributed by atoms with van der Waals surface area (Å²) in [6.45, 7) is 0. The Hall–Kier alpha value is -4.76. The Morgan fingerprint density at radius 3 is 1.26 bits per heavy atom. The van der Waals surface area contributed by atoms with Crippen molar-refractivity contribution in [1.29, 1.82) is 0 Å². The summed E-state index contributed by atoms with van der Waals surface area (Å²) in [7, 11) is 0. The molecule has 2 aliphatic heterocycles. The van der Waals surface area contributed by atoms with Crippen LogP contribution in [0.4, 0.5) is 11.4 Å². The topological polar surface area (TPSA) is 163 Å². The van der Waals surface area contributed by atoms with Crippen molar-refractivity contribution >= 4 is 23.3 Å². The SMILES string of the molecule is O=C([O-])C1(c2ccccc2O)Nc2ccccc2O1.O=C([O-])C1(c2ccccc2O)Nc2ccccc2O1.[Zn+2]. The molecule has 10 nitrogen and oxygen atoms in total. The van der Waals surface area contributed by atoms with Crippen LogP contribution in [-0.4, -0.2) is 22.2 Å². The zero-order valence-corrected chi connectivity index (χ0v) is 23.3. The van der Waals surface area contributed by atoms with Crippen LogP contribution >= 0.6 is 0 Å². The first kappa shape index (κ1) is 27.3. The number of carboxylic acid groups (broad SMARTS) is 2. The number of benzene rings is 4. The van der Waals surface area contributed by atoms with Gasteiger partial charge in [0.2, 0.25) is 0 Å². The van der Waals surface area contributed by atoms with Gasteiger partial charge in [0.15, 0.2) is 0 Å². The fourth-order valence-electron chi connectivity index (χ4n) is 4.27. The third-order valence-corrected chi connectivity index (χ3v) is 6.06. The molecule has 2 atom stereocenters. The number of hydrogen-bond donors (Lipinski definition) is 4. The number of ether oxygens (including phenoxy) is 2. The number of phenols is 2. The van der Waals surface area contributed by atoms with Gasteiger partial charge in [-0.3, -0.25) is 0 Å². The molecule has 0 fully saturated rings. The minimum Gasteiger partial charge on any atom is -0.544 e. The summed E-state index contributed by atoms with van der Waals surface area (Å²) >= 11 is 0. The molecule has 4 aromatic rings. The molecular weight excluding hydrogens is 558 g/mol. The second kappa shape index (κ2) is 10.5. The summed E-state index contributed by atoms with van der Waals surface area (Å²) in [5, 5.41) is 48.3. The van der Waals surface area contributed by atoms with Gasteiger partial charge in [-0.15, -0.1) is 0 Å². The van der Waals surface area contributed by atoms with Gasteiger partial charge in [0.25, 0.3) is 11.4 Å². The number of aromatic hydroxyl groups is 2. The summed E-state index contributed by atoms with van der Waals surface area (Å²) in [5.74, 6) is -2.49. The molecule has 11 heteroatoms. The van der Waals surface area contributed by atoms with Crippen molar-refractivity contribution in [3.05, 3.63) is 108 Å². The number of anilines is 2. The smallest absolute Gasteiger partial charge is 0.544 e. The Balaban J connectivity index is 0.000000176. The van der Waals surface area contributed by atoms with Gasteiger partial charge in [0.1, 0.15) is 34.9 Å². The maximum Gasteiger partial charge on any atom is 2.00 e. The van der Waals surface area contributed by atoms with Crippen LogP contribution in [0, 0.1) is 0 Å². The predicted octanol–water partition coefficient (Wildman–Crippen LogP) is 1.60. The molecular formula is C28H20N2O8Zn. The van der Waals surface area contributed by atoms with Crippen molar-refractivity contribution in [2.24, 2.45) is 0 Å². The first-order valence-electron chi connectivity index (χ1n) is 11.4. The molecule has 4 aromatic carbocycles. The summed E-state index contributed by atoms with van der Waals surface area (Å²) in [5.41, 5.74) is -2.54. The molecule has 0 bridgehead atoms. The second-order valence-corrected chi connectivity index (χ2v) is 8.42. The van der Waals surface area contributed by atoms with E-state index in [1.807, 2.05) is 0 Å². The summed E-state index contributed by atoms with van der Waals surface area (Å²) in [4.78, 5) is 23.1. The van der Waals surface area contributed by atoms with Crippen LogP contribution in [0.1, 0.15) is 11.1 Å². The molecule has 6 rings (SSSR count). The predicted molar refractivity (Wildman–Crippen MR) is 131 cm³/mol. The number of rotatable bonds is 4. The fourth-order valence-corrected chi connectivity index (χ4v) is 4.27. The maximum atomic E-state index is 11.5.